The summed E-state index contributed by atoms with van der Waals surface area (Å²) in [5.41, 5.74) is 0.514. The maximum Gasteiger partial charge on any atom is 0.261 e. The molecule has 8 heteroatoms. The van der Waals surface area contributed by atoms with Gasteiger partial charge in [-0.3, -0.25) is 9.78 Å². The Bertz CT molecular complexity index is 986. The molecule has 0 saturated carbocycles. The highest BCUT2D eigenvalue weighted by Gasteiger charge is 2.30. The Labute approximate surface area is 161 Å². The summed E-state index contributed by atoms with van der Waals surface area (Å²) in [5.74, 6) is 0.265. The molecule has 0 aliphatic rings. The van der Waals surface area contributed by atoms with Gasteiger partial charge < -0.3 is 10.1 Å². The van der Waals surface area contributed by atoms with Crippen molar-refractivity contribution in [3.63, 3.8) is 0 Å². The van der Waals surface area contributed by atoms with E-state index in [4.69, 9.17) is 4.74 Å². The third-order valence-corrected chi connectivity index (χ3v) is 7.00. The van der Waals surface area contributed by atoms with E-state index in [9.17, 15) is 13.2 Å². The summed E-state index contributed by atoms with van der Waals surface area (Å²) in [6.07, 6.45) is 3.08. The molecule has 0 aliphatic carbocycles. The quantitative estimate of drug-likeness (QED) is 0.656. The van der Waals surface area contributed by atoms with Crippen molar-refractivity contribution in [1.29, 1.82) is 0 Å². The van der Waals surface area contributed by atoms with Crippen LogP contribution in [0.25, 0.3) is 0 Å². The average Bonchev–Trinajstić information content (AvgIpc) is 3.23. The molecular weight excluding hydrogens is 384 g/mol. The minimum absolute atomic E-state index is 0.0587. The van der Waals surface area contributed by atoms with Gasteiger partial charge in [-0.05, 0) is 47.3 Å². The second-order valence-electron chi connectivity index (χ2n) is 5.68. The van der Waals surface area contributed by atoms with E-state index < -0.39 is 15.1 Å². The number of benzene rings is 1. The molecule has 3 aromatic rings. The topological polar surface area (TPSA) is 85.4 Å². The Morgan fingerprint density at radius 3 is 2.56 bits per heavy atom. The summed E-state index contributed by atoms with van der Waals surface area (Å²) in [4.78, 5) is 17.0. The molecule has 0 bridgehead atoms. The molecule has 1 N–H and O–H groups in total. The lowest BCUT2D eigenvalue weighted by atomic mass is 10.2. The van der Waals surface area contributed by atoms with Crippen LogP contribution in [0.15, 0.2) is 71.2 Å². The molecular formula is C19H18N2O4S2. The zero-order chi connectivity index (χ0) is 19.3. The zero-order valence-corrected chi connectivity index (χ0v) is 16.2. The average molecular weight is 402 g/mol. The van der Waals surface area contributed by atoms with Gasteiger partial charge in [-0.1, -0.05) is 12.1 Å². The Kier molecular flexibility index (Phi) is 5.88. The molecule has 3 rings (SSSR count). The molecule has 1 atom stereocenters. The lowest BCUT2D eigenvalue weighted by molar-refractivity contribution is 0.0957. The third-order valence-electron chi connectivity index (χ3n) is 4.01. The molecule has 1 amide bonds. The van der Waals surface area contributed by atoms with Crippen LogP contribution in [0, 0.1) is 0 Å². The molecule has 140 valence electrons. The number of aromatic nitrogens is 1. The molecule has 27 heavy (non-hydrogen) atoms. The summed E-state index contributed by atoms with van der Waals surface area (Å²) in [5, 5.41) is 3.56. The van der Waals surface area contributed by atoms with Gasteiger partial charge >= 0.3 is 0 Å². The second-order valence-corrected chi connectivity index (χ2v) is 8.76. The van der Waals surface area contributed by atoms with Crippen molar-refractivity contribution in [3.8, 4) is 5.75 Å². The van der Waals surface area contributed by atoms with Crippen LogP contribution >= 0.6 is 11.3 Å². The van der Waals surface area contributed by atoms with Gasteiger partial charge in [0.25, 0.3) is 5.91 Å². The Balaban J connectivity index is 1.90. The number of nitrogens with zero attached hydrogens (tertiary/aromatic N) is 1. The first-order valence-electron chi connectivity index (χ1n) is 8.12. The predicted octanol–water partition coefficient (Wildman–Crippen LogP) is 3.10. The number of hydrogen-bond donors (Lipinski definition) is 1. The van der Waals surface area contributed by atoms with Crippen molar-refractivity contribution >= 4 is 27.1 Å². The lowest BCUT2D eigenvalue weighted by Gasteiger charge is -2.18. The fraction of sp³-hybridized carbons (Fsp3) is 0.158. The second kappa shape index (κ2) is 8.32. The molecule has 0 radical (unpaired) electrons. The number of nitrogens with one attached hydrogen (secondary N) is 1. The number of ether oxygens (including phenoxy) is 1. The van der Waals surface area contributed by atoms with Crippen molar-refractivity contribution in [1.82, 2.24) is 10.3 Å². The molecule has 6 nitrogen and oxygen atoms in total. The van der Waals surface area contributed by atoms with Crippen molar-refractivity contribution in [3.05, 3.63) is 76.7 Å². The van der Waals surface area contributed by atoms with Gasteiger partial charge in [0, 0.05) is 18.9 Å². The van der Waals surface area contributed by atoms with Crippen LogP contribution in [0.2, 0.25) is 0 Å². The van der Waals surface area contributed by atoms with Crippen molar-refractivity contribution in [2.75, 3.05) is 13.7 Å². The number of thiophene rings is 1. The van der Waals surface area contributed by atoms with E-state index in [0.717, 1.165) is 0 Å². The number of carbonyl (C=O) groups is 1. The number of pyridine rings is 1. The highest BCUT2D eigenvalue weighted by Crippen LogP contribution is 2.29. The van der Waals surface area contributed by atoms with E-state index >= 15 is 0 Å². The van der Waals surface area contributed by atoms with Crippen molar-refractivity contribution < 1.29 is 17.9 Å². The number of amides is 1. The van der Waals surface area contributed by atoms with Crippen LogP contribution < -0.4 is 10.1 Å². The van der Waals surface area contributed by atoms with Crippen LogP contribution in [0.4, 0.5) is 0 Å². The highest BCUT2D eigenvalue weighted by molar-refractivity contribution is 7.91. The van der Waals surface area contributed by atoms with Gasteiger partial charge in [0.15, 0.2) is 9.84 Å². The zero-order valence-electron chi connectivity index (χ0n) is 14.5. The van der Waals surface area contributed by atoms with Gasteiger partial charge in [-0.2, -0.15) is 0 Å². The normalized spacial score (nSPS) is 12.3. The summed E-state index contributed by atoms with van der Waals surface area (Å²) in [6, 6.07) is 13.0. The minimum Gasteiger partial charge on any atom is -0.497 e. The van der Waals surface area contributed by atoms with Gasteiger partial charge in [0.05, 0.1) is 16.9 Å². The summed E-state index contributed by atoms with van der Waals surface area (Å²) >= 11 is 1.30. The van der Waals surface area contributed by atoms with Crippen LogP contribution in [0.3, 0.4) is 0 Å². The standard InChI is InChI=1S/C19H18N2O4S2/c1-25-15-6-8-16(9-7-15)27(23,24)18(14-4-2-10-20-12-14)13-21-19(22)17-5-3-11-26-17/h2-12,18H,13H2,1H3,(H,21,22). The predicted molar refractivity (Wildman–Crippen MR) is 104 cm³/mol. The first kappa shape index (κ1) is 19.1. The number of sulfone groups is 1. The molecule has 0 saturated heterocycles. The van der Waals surface area contributed by atoms with Crippen molar-refractivity contribution in [2.24, 2.45) is 0 Å². The first-order chi connectivity index (χ1) is 13.0. The molecule has 2 heterocycles. The van der Waals surface area contributed by atoms with Gasteiger partial charge in [-0.15, -0.1) is 11.3 Å². The lowest BCUT2D eigenvalue weighted by Crippen LogP contribution is -2.31. The van der Waals surface area contributed by atoms with Gasteiger partial charge in [0.2, 0.25) is 0 Å². The highest BCUT2D eigenvalue weighted by atomic mass is 32.2. The molecule has 0 fully saturated rings. The maximum atomic E-state index is 13.2. The van der Waals surface area contributed by atoms with Gasteiger partial charge in [-0.25, -0.2) is 8.42 Å². The van der Waals surface area contributed by atoms with E-state index in [0.29, 0.717) is 16.2 Å². The molecule has 0 aliphatic heterocycles. The number of carbonyl (C=O) groups excluding carboxylic acids is 1. The summed E-state index contributed by atoms with van der Waals surface area (Å²) in [6.45, 7) is -0.0587. The minimum atomic E-state index is -3.75. The van der Waals surface area contributed by atoms with Crippen molar-refractivity contribution in [2.45, 2.75) is 10.1 Å². The fourth-order valence-electron chi connectivity index (χ4n) is 2.58. The van der Waals surface area contributed by atoms with Crippen LogP contribution in [0.1, 0.15) is 20.5 Å². The van der Waals surface area contributed by atoms with Crippen LogP contribution in [0.5, 0.6) is 5.75 Å². The smallest absolute Gasteiger partial charge is 0.261 e. The fourth-order valence-corrected chi connectivity index (χ4v) is 4.87. The summed E-state index contributed by atoms with van der Waals surface area (Å²) < 4.78 is 31.5. The maximum absolute atomic E-state index is 13.2. The Morgan fingerprint density at radius 1 is 1.19 bits per heavy atom. The van der Waals surface area contributed by atoms with Crippen LogP contribution in [-0.2, 0) is 9.84 Å². The monoisotopic (exact) mass is 402 g/mol. The number of methoxy groups -OCH3 is 1. The van der Waals surface area contributed by atoms with E-state index in [2.05, 4.69) is 10.3 Å². The molecule has 1 unspecified atom stereocenters. The Morgan fingerprint density at radius 2 is 1.96 bits per heavy atom. The van der Waals surface area contributed by atoms with E-state index in [1.165, 1.54) is 36.8 Å². The van der Waals surface area contributed by atoms with E-state index in [1.54, 1.807) is 48.0 Å². The largest absolute Gasteiger partial charge is 0.497 e. The van der Waals surface area contributed by atoms with E-state index in [1.807, 2.05) is 0 Å². The molecule has 0 spiro atoms. The number of hydrogen-bond acceptors (Lipinski definition) is 6. The van der Waals surface area contributed by atoms with E-state index in [-0.39, 0.29) is 17.3 Å². The molecule has 1 aromatic carbocycles. The Hall–Kier alpha value is -2.71. The first-order valence-corrected chi connectivity index (χ1v) is 10.5. The summed E-state index contributed by atoms with van der Waals surface area (Å²) in [7, 11) is -2.23. The third kappa shape index (κ3) is 4.35. The van der Waals surface area contributed by atoms with Crippen LogP contribution in [-0.4, -0.2) is 33.0 Å². The van der Waals surface area contributed by atoms with Gasteiger partial charge in [0.1, 0.15) is 11.0 Å². The SMILES string of the molecule is COc1ccc(S(=O)(=O)C(CNC(=O)c2cccs2)c2cccnc2)cc1. The molecule has 2 aromatic heterocycles. The number of rotatable bonds is 7.